The first-order valence-corrected chi connectivity index (χ1v) is 12.2. The van der Waals surface area contributed by atoms with Gasteiger partial charge in [-0.3, -0.25) is 0 Å². The molecule has 2 aromatic carbocycles. The molecule has 6 heteroatoms. The number of allylic oxidation sites excluding steroid dienone is 1. The minimum Gasteiger partial charge on any atom is -0.497 e. The number of carbonyl (C=O) groups is 1. The van der Waals surface area contributed by atoms with Gasteiger partial charge in [0, 0.05) is 22.0 Å². The van der Waals surface area contributed by atoms with Gasteiger partial charge in [0.05, 0.1) is 31.1 Å². The van der Waals surface area contributed by atoms with Crippen LogP contribution in [0.1, 0.15) is 71.0 Å². The standard InChI is InChI=1S/C29H28N2O4/c1-17-12-22(34-2)14-20-13-21(28-30-10-11-35-28)16-31-24-15-19(29(32)33)8-9-23(24)26(27(31)25(17)20)18-6-4-3-5-7-18/h8-15,18H,3-7,16H2,1-2H3,(H,32,33). The highest BCUT2D eigenvalue weighted by molar-refractivity contribution is 6.01. The molecule has 0 saturated heterocycles. The highest BCUT2D eigenvalue weighted by atomic mass is 16.5. The van der Waals surface area contributed by atoms with Crippen LogP contribution >= 0.6 is 0 Å². The molecule has 35 heavy (non-hydrogen) atoms. The zero-order valence-corrected chi connectivity index (χ0v) is 20.0. The van der Waals surface area contributed by atoms with E-state index in [9.17, 15) is 9.90 Å². The fraction of sp³-hybridized carbons (Fsp3) is 0.310. The number of aromatic nitrogens is 2. The summed E-state index contributed by atoms with van der Waals surface area (Å²) in [5.74, 6) is 0.900. The van der Waals surface area contributed by atoms with Gasteiger partial charge in [-0.2, -0.15) is 0 Å². The van der Waals surface area contributed by atoms with E-state index in [1.165, 1.54) is 36.1 Å². The van der Waals surface area contributed by atoms with Crippen LogP contribution in [0.4, 0.5) is 0 Å². The van der Waals surface area contributed by atoms with Crippen LogP contribution in [0.2, 0.25) is 0 Å². The van der Waals surface area contributed by atoms with E-state index in [1.54, 1.807) is 25.6 Å². The molecule has 1 saturated carbocycles. The van der Waals surface area contributed by atoms with E-state index in [2.05, 4.69) is 34.7 Å². The van der Waals surface area contributed by atoms with Crippen LogP contribution in [0.3, 0.4) is 0 Å². The Hall–Kier alpha value is -3.80. The summed E-state index contributed by atoms with van der Waals surface area (Å²) in [4.78, 5) is 16.3. The number of aromatic carboxylic acids is 1. The van der Waals surface area contributed by atoms with Crippen LogP contribution < -0.4 is 4.74 Å². The van der Waals surface area contributed by atoms with Crippen molar-refractivity contribution < 1.29 is 19.1 Å². The number of fused-ring (bicyclic) bond motifs is 5. The summed E-state index contributed by atoms with van der Waals surface area (Å²) in [6.45, 7) is 2.67. The predicted octanol–water partition coefficient (Wildman–Crippen LogP) is 6.91. The lowest BCUT2D eigenvalue weighted by Crippen LogP contribution is -2.08. The molecule has 0 spiro atoms. The van der Waals surface area contributed by atoms with Crippen molar-refractivity contribution in [1.82, 2.24) is 9.55 Å². The molecule has 178 valence electrons. The van der Waals surface area contributed by atoms with Gasteiger partial charge in [-0.15, -0.1) is 0 Å². The Morgan fingerprint density at radius 1 is 1.17 bits per heavy atom. The van der Waals surface area contributed by atoms with Gasteiger partial charge in [0.2, 0.25) is 5.89 Å². The second-order valence-corrected chi connectivity index (χ2v) is 9.64. The van der Waals surface area contributed by atoms with Crippen molar-refractivity contribution in [3.05, 3.63) is 70.9 Å². The highest BCUT2D eigenvalue weighted by Gasteiger charge is 2.31. The maximum absolute atomic E-state index is 11.9. The van der Waals surface area contributed by atoms with Crippen LogP contribution in [-0.4, -0.2) is 27.7 Å². The molecule has 0 amide bonds. The summed E-state index contributed by atoms with van der Waals surface area (Å²) in [6.07, 6.45) is 11.4. The molecule has 1 aliphatic carbocycles. The molecular weight excluding hydrogens is 440 g/mol. The molecule has 6 rings (SSSR count). The molecule has 1 N–H and O–H groups in total. The maximum Gasteiger partial charge on any atom is 0.335 e. The lowest BCUT2D eigenvalue weighted by Gasteiger charge is -2.24. The van der Waals surface area contributed by atoms with Gasteiger partial charge in [-0.05, 0) is 72.7 Å². The van der Waals surface area contributed by atoms with E-state index in [0.29, 0.717) is 23.9 Å². The molecule has 0 radical (unpaired) electrons. The monoisotopic (exact) mass is 468 g/mol. The zero-order chi connectivity index (χ0) is 24.1. The second kappa shape index (κ2) is 8.45. The van der Waals surface area contributed by atoms with E-state index in [4.69, 9.17) is 9.15 Å². The topological polar surface area (TPSA) is 77.5 Å². The Bertz CT molecular complexity index is 1470. The number of nitrogens with zero attached hydrogens (tertiary/aromatic N) is 2. The minimum absolute atomic E-state index is 0.297. The largest absolute Gasteiger partial charge is 0.497 e. The number of oxazole rings is 1. The molecular formula is C29H28N2O4. The summed E-state index contributed by atoms with van der Waals surface area (Å²) >= 11 is 0. The second-order valence-electron chi connectivity index (χ2n) is 9.64. The first-order valence-electron chi connectivity index (χ1n) is 12.2. The molecule has 6 nitrogen and oxygen atoms in total. The summed E-state index contributed by atoms with van der Waals surface area (Å²) < 4.78 is 13.6. The molecule has 2 aliphatic rings. The van der Waals surface area contributed by atoms with Crippen LogP contribution in [0.5, 0.6) is 5.75 Å². The summed E-state index contributed by atoms with van der Waals surface area (Å²) in [5, 5.41) is 10.9. The predicted molar refractivity (Wildman–Crippen MR) is 136 cm³/mol. The SMILES string of the molecule is COc1cc(C)c2c(c1)C=C(c1ncco1)Cn1c-2c(C2CCCCC2)c2ccc(C(=O)O)cc21. The Morgan fingerprint density at radius 2 is 2.00 bits per heavy atom. The lowest BCUT2D eigenvalue weighted by molar-refractivity contribution is 0.0697. The first kappa shape index (κ1) is 21.7. The van der Waals surface area contributed by atoms with Crippen LogP contribution in [-0.2, 0) is 6.54 Å². The van der Waals surface area contributed by atoms with E-state index < -0.39 is 5.97 Å². The third kappa shape index (κ3) is 3.55. The molecule has 0 atom stereocenters. The van der Waals surface area contributed by atoms with Crippen LogP contribution in [0, 0.1) is 6.92 Å². The van der Waals surface area contributed by atoms with Gasteiger partial charge in [0.15, 0.2) is 0 Å². The summed E-state index contributed by atoms with van der Waals surface area (Å²) in [6, 6.07) is 9.73. The molecule has 0 bridgehead atoms. The van der Waals surface area contributed by atoms with Gasteiger partial charge >= 0.3 is 5.97 Å². The molecule has 0 unspecified atom stereocenters. The van der Waals surface area contributed by atoms with Crippen molar-refractivity contribution in [2.45, 2.75) is 51.5 Å². The minimum atomic E-state index is -0.917. The fourth-order valence-corrected chi connectivity index (χ4v) is 6.00. The van der Waals surface area contributed by atoms with Gasteiger partial charge in [-0.1, -0.05) is 25.3 Å². The summed E-state index contributed by atoms with van der Waals surface area (Å²) in [7, 11) is 1.69. The Labute approximate surface area is 203 Å². The van der Waals surface area contributed by atoms with Crippen molar-refractivity contribution in [1.29, 1.82) is 0 Å². The van der Waals surface area contributed by atoms with Crippen LogP contribution in [0.25, 0.3) is 33.8 Å². The normalized spacial score (nSPS) is 15.9. The molecule has 1 aliphatic heterocycles. The first-order chi connectivity index (χ1) is 17.0. The van der Waals surface area contributed by atoms with Crippen LogP contribution in [0.15, 0.2) is 47.2 Å². The molecule has 4 aromatic rings. The smallest absolute Gasteiger partial charge is 0.335 e. The average molecular weight is 469 g/mol. The highest BCUT2D eigenvalue weighted by Crippen LogP contribution is 2.48. The number of carboxylic acid groups (broad SMARTS) is 1. The van der Waals surface area contributed by atoms with Crippen molar-refractivity contribution in [3.63, 3.8) is 0 Å². The van der Waals surface area contributed by atoms with Crippen molar-refractivity contribution in [2.75, 3.05) is 7.11 Å². The maximum atomic E-state index is 11.9. The number of rotatable bonds is 4. The van der Waals surface area contributed by atoms with Gasteiger partial charge in [0.1, 0.15) is 12.0 Å². The van der Waals surface area contributed by atoms with Gasteiger partial charge in [-0.25, -0.2) is 9.78 Å². The van der Waals surface area contributed by atoms with E-state index in [-0.39, 0.29) is 0 Å². The third-order valence-electron chi connectivity index (χ3n) is 7.54. The van der Waals surface area contributed by atoms with E-state index in [1.807, 2.05) is 12.1 Å². The number of methoxy groups -OCH3 is 1. The molecule has 3 heterocycles. The Kier molecular flexibility index (Phi) is 5.24. The summed E-state index contributed by atoms with van der Waals surface area (Å²) in [5.41, 5.74) is 8.06. The number of hydrogen-bond acceptors (Lipinski definition) is 4. The van der Waals surface area contributed by atoms with E-state index >= 15 is 0 Å². The number of aryl methyl sites for hydroxylation is 1. The molecule has 1 fully saturated rings. The number of carboxylic acids is 1. The molecule has 2 aromatic heterocycles. The lowest BCUT2D eigenvalue weighted by atomic mass is 9.81. The van der Waals surface area contributed by atoms with Crippen molar-refractivity contribution in [3.8, 4) is 17.0 Å². The van der Waals surface area contributed by atoms with Gasteiger partial charge < -0.3 is 18.8 Å². The van der Waals surface area contributed by atoms with Gasteiger partial charge in [0.25, 0.3) is 0 Å². The number of benzene rings is 2. The zero-order valence-electron chi connectivity index (χ0n) is 20.0. The fourth-order valence-electron chi connectivity index (χ4n) is 6.00. The average Bonchev–Trinajstić information content (AvgIpc) is 3.47. The van der Waals surface area contributed by atoms with Crippen molar-refractivity contribution in [2.24, 2.45) is 0 Å². The Morgan fingerprint density at radius 3 is 2.71 bits per heavy atom. The number of ether oxygens (including phenoxy) is 1. The van der Waals surface area contributed by atoms with E-state index in [0.717, 1.165) is 46.2 Å². The quantitative estimate of drug-likeness (QED) is 0.352. The Balaban J connectivity index is 1.72. The third-order valence-corrected chi connectivity index (χ3v) is 7.54. The van der Waals surface area contributed by atoms with Crippen molar-refractivity contribution >= 4 is 28.5 Å². The number of hydrogen-bond donors (Lipinski definition) is 1.